The second-order valence-electron chi connectivity index (χ2n) is 10.5. The quantitative estimate of drug-likeness (QED) is 0.171. The van der Waals surface area contributed by atoms with E-state index in [1.807, 2.05) is 38.1 Å². The molecule has 1 atom stereocenters. The van der Waals surface area contributed by atoms with Gasteiger partial charge < -0.3 is 22.9 Å². The zero-order valence-corrected chi connectivity index (χ0v) is 23.8. The Morgan fingerprint density at radius 3 is 1.38 bits per heavy atom. The van der Waals surface area contributed by atoms with E-state index in [-0.39, 0.29) is 29.2 Å². The highest BCUT2D eigenvalue weighted by atomic mass is 35.5. The lowest BCUT2D eigenvalue weighted by Crippen LogP contribution is -2.29. The zero-order chi connectivity index (χ0) is 28.7. The van der Waals surface area contributed by atoms with Crippen LogP contribution in [-0.2, 0) is 5.41 Å². The first-order valence-electron chi connectivity index (χ1n) is 12.6. The van der Waals surface area contributed by atoms with Crippen LogP contribution in [-0.4, -0.2) is 23.3 Å². The molecule has 0 aliphatic carbocycles. The average Bonchev–Trinajstić information content (AvgIpc) is 2.89. The molecule has 204 valence electrons. The minimum absolute atomic E-state index is 0.0170. The molecule has 0 fully saturated rings. The molecule has 0 aliphatic rings. The number of halogens is 1. The van der Waals surface area contributed by atoms with E-state index in [2.05, 4.69) is 89.7 Å². The van der Waals surface area contributed by atoms with Gasteiger partial charge in [0.2, 0.25) is 11.9 Å². The van der Waals surface area contributed by atoms with Gasteiger partial charge in [-0.15, -0.1) is 10.2 Å². The maximum atomic E-state index is 6.09. The Hall–Kier alpha value is -4.17. The van der Waals surface area contributed by atoms with Crippen LogP contribution in [0.1, 0.15) is 57.2 Å². The van der Waals surface area contributed by atoms with Gasteiger partial charge in [-0.1, -0.05) is 93.0 Å². The number of nitrogens with two attached hydrogens (primary N) is 4. The standard InChI is InChI=1S/C30H37ClN8/c1-18(36-38-28(32)33)26(19(2)37-39-29(34)35)27(23-10-14-24(15-11-23)30(3,4)5)22-8-6-20(7-9-22)21-12-16-25(31)17-13-21/h6-17,26-27H,1-5H3,(H4,32,33,38)(H4,34,35,39)/b36-18+,37-19+. The van der Waals surface area contributed by atoms with Gasteiger partial charge in [0.15, 0.2) is 0 Å². The lowest BCUT2D eigenvalue weighted by molar-refractivity contribution is 0.589. The molecule has 3 rings (SSSR count). The fourth-order valence-electron chi connectivity index (χ4n) is 4.48. The Balaban J connectivity index is 2.21. The van der Waals surface area contributed by atoms with Gasteiger partial charge >= 0.3 is 0 Å². The zero-order valence-electron chi connectivity index (χ0n) is 23.1. The molecule has 0 aromatic heterocycles. The van der Waals surface area contributed by atoms with E-state index in [9.17, 15) is 0 Å². The minimum atomic E-state index is -0.349. The Bertz CT molecular complexity index is 1340. The van der Waals surface area contributed by atoms with Crippen LogP contribution in [0.4, 0.5) is 0 Å². The van der Waals surface area contributed by atoms with Gasteiger partial charge in [0.25, 0.3) is 0 Å². The molecular formula is C30H37ClN8. The third-order valence-corrected chi connectivity index (χ3v) is 6.72. The van der Waals surface area contributed by atoms with Crippen LogP contribution < -0.4 is 22.9 Å². The van der Waals surface area contributed by atoms with Crippen LogP contribution in [0.3, 0.4) is 0 Å². The summed E-state index contributed by atoms with van der Waals surface area (Å²) in [4.78, 5) is 0. The summed E-state index contributed by atoms with van der Waals surface area (Å²) in [6, 6.07) is 24.8. The normalized spacial score (nSPS) is 13.9. The predicted octanol–water partition coefficient (Wildman–Crippen LogP) is 5.35. The number of benzene rings is 3. The smallest absolute Gasteiger partial charge is 0.211 e. The van der Waals surface area contributed by atoms with Crippen LogP contribution in [0.5, 0.6) is 0 Å². The van der Waals surface area contributed by atoms with E-state index in [0.29, 0.717) is 16.4 Å². The molecule has 0 aliphatic heterocycles. The second kappa shape index (κ2) is 12.6. The van der Waals surface area contributed by atoms with Crippen LogP contribution in [0, 0.1) is 5.92 Å². The van der Waals surface area contributed by atoms with Crippen LogP contribution in [0.25, 0.3) is 11.1 Å². The fraction of sp³-hybridized carbons (Fsp3) is 0.267. The van der Waals surface area contributed by atoms with Gasteiger partial charge in [0.1, 0.15) is 0 Å². The lowest BCUT2D eigenvalue weighted by Gasteiger charge is -2.29. The molecule has 8 N–H and O–H groups in total. The van der Waals surface area contributed by atoms with Crippen molar-refractivity contribution in [3.05, 3.63) is 94.5 Å². The Morgan fingerprint density at radius 2 is 1.00 bits per heavy atom. The van der Waals surface area contributed by atoms with Crippen molar-refractivity contribution >= 4 is 34.9 Å². The predicted molar refractivity (Wildman–Crippen MR) is 165 cm³/mol. The number of nitrogens with zero attached hydrogens (tertiary/aromatic N) is 4. The summed E-state index contributed by atoms with van der Waals surface area (Å²) in [5, 5.41) is 17.2. The Morgan fingerprint density at radius 1 is 0.615 bits per heavy atom. The topological polar surface area (TPSA) is 154 Å². The van der Waals surface area contributed by atoms with Crippen molar-refractivity contribution in [3.63, 3.8) is 0 Å². The number of rotatable bonds is 8. The van der Waals surface area contributed by atoms with Crippen molar-refractivity contribution in [3.8, 4) is 11.1 Å². The highest BCUT2D eigenvalue weighted by Crippen LogP contribution is 2.37. The first-order chi connectivity index (χ1) is 18.4. The van der Waals surface area contributed by atoms with Gasteiger partial charge in [-0.05, 0) is 59.2 Å². The summed E-state index contributed by atoms with van der Waals surface area (Å²) >= 11 is 6.09. The van der Waals surface area contributed by atoms with Crippen molar-refractivity contribution in [2.45, 2.75) is 46.0 Å². The van der Waals surface area contributed by atoms with Gasteiger partial charge in [-0.2, -0.15) is 10.2 Å². The van der Waals surface area contributed by atoms with Crippen LogP contribution in [0.2, 0.25) is 5.02 Å². The average molecular weight is 545 g/mol. The summed E-state index contributed by atoms with van der Waals surface area (Å²) in [6.45, 7) is 10.3. The molecule has 0 spiro atoms. The molecule has 0 amide bonds. The molecule has 3 aromatic carbocycles. The largest absolute Gasteiger partial charge is 0.369 e. The Kier molecular flexibility index (Phi) is 9.48. The van der Waals surface area contributed by atoms with Gasteiger partial charge in [0, 0.05) is 28.3 Å². The van der Waals surface area contributed by atoms with E-state index in [1.54, 1.807) is 0 Å². The fourth-order valence-corrected chi connectivity index (χ4v) is 4.60. The van der Waals surface area contributed by atoms with E-state index in [0.717, 1.165) is 22.3 Å². The Labute approximate surface area is 235 Å². The SMILES string of the molecule is C/C(=N\N=C(N)N)C(/C(C)=N/N=C(N)N)C(c1ccc(-c2ccc(Cl)cc2)cc1)c1ccc(C(C)(C)C)cc1. The van der Waals surface area contributed by atoms with Crippen molar-refractivity contribution < 1.29 is 0 Å². The third-order valence-electron chi connectivity index (χ3n) is 6.46. The molecule has 0 saturated heterocycles. The van der Waals surface area contributed by atoms with Crippen molar-refractivity contribution in [1.29, 1.82) is 0 Å². The summed E-state index contributed by atoms with van der Waals surface area (Å²) in [7, 11) is 0. The van der Waals surface area contributed by atoms with E-state index < -0.39 is 0 Å². The molecule has 8 nitrogen and oxygen atoms in total. The molecule has 3 aromatic rings. The monoisotopic (exact) mass is 544 g/mol. The van der Waals surface area contributed by atoms with E-state index in [1.165, 1.54) is 5.56 Å². The van der Waals surface area contributed by atoms with Gasteiger partial charge in [-0.3, -0.25) is 0 Å². The second-order valence-corrected chi connectivity index (χ2v) is 10.9. The van der Waals surface area contributed by atoms with Crippen LogP contribution >= 0.6 is 11.6 Å². The van der Waals surface area contributed by atoms with Gasteiger partial charge in [-0.25, -0.2) is 0 Å². The lowest BCUT2D eigenvalue weighted by atomic mass is 9.75. The first kappa shape index (κ1) is 29.4. The third kappa shape index (κ3) is 7.91. The van der Waals surface area contributed by atoms with Crippen molar-refractivity contribution in [2.75, 3.05) is 0 Å². The van der Waals surface area contributed by atoms with Crippen molar-refractivity contribution in [2.24, 2.45) is 49.3 Å². The van der Waals surface area contributed by atoms with Crippen molar-refractivity contribution in [1.82, 2.24) is 0 Å². The van der Waals surface area contributed by atoms with E-state index >= 15 is 0 Å². The summed E-state index contributed by atoms with van der Waals surface area (Å²) < 4.78 is 0. The highest BCUT2D eigenvalue weighted by molar-refractivity contribution is 6.30. The minimum Gasteiger partial charge on any atom is -0.369 e. The number of guanidine groups is 2. The van der Waals surface area contributed by atoms with Crippen LogP contribution in [0.15, 0.2) is 93.2 Å². The molecule has 39 heavy (non-hydrogen) atoms. The molecule has 0 heterocycles. The maximum absolute atomic E-state index is 6.09. The van der Waals surface area contributed by atoms with Gasteiger partial charge in [0.05, 0.1) is 0 Å². The maximum Gasteiger partial charge on any atom is 0.211 e. The van der Waals surface area contributed by atoms with E-state index in [4.69, 9.17) is 34.5 Å². The number of hydrogen-bond acceptors (Lipinski definition) is 4. The summed E-state index contributed by atoms with van der Waals surface area (Å²) in [6.07, 6.45) is 0. The molecular weight excluding hydrogens is 508 g/mol. The number of hydrogen-bond donors (Lipinski definition) is 4. The summed E-state index contributed by atoms with van der Waals surface area (Å²) in [5.74, 6) is -0.803. The first-order valence-corrected chi connectivity index (χ1v) is 13.0. The molecule has 0 saturated carbocycles. The molecule has 9 heteroatoms. The molecule has 0 radical (unpaired) electrons. The molecule has 1 unspecified atom stereocenters. The highest BCUT2D eigenvalue weighted by Gasteiger charge is 2.31. The summed E-state index contributed by atoms with van der Waals surface area (Å²) in [5.41, 5.74) is 29.2. The molecule has 0 bridgehead atoms.